The molecule has 0 heterocycles. The van der Waals surface area contributed by atoms with Crippen LogP contribution >= 0.6 is 0 Å². The van der Waals surface area contributed by atoms with Gasteiger partial charge in [-0.05, 0) is 11.8 Å². The Morgan fingerprint density at radius 1 is 1.88 bits per heavy atom. The quantitative estimate of drug-likeness (QED) is 0.416. The molecule has 0 saturated heterocycles. The van der Waals surface area contributed by atoms with E-state index in [0.29, 0.717) is 6.32 Å². The molecule has 0 amide bonds. The van der Waals surface area contributed by atoms with Crippen LogP contribution in [-0.2, 0) is 0 Å². The molecule has 2 radical (unpaired) electrons. The summed E-state index contributed by atoms with van der Waals surface area (Å²) < 4.78 is 0. The van der Waals surface area contributed by atoms with E-state index < -0.39 is 0 Å². The van der Waals surface area contributed by atoms with Crippen molar-refractivity contribution in [3.63, 3.8) is 0 Å². The number of rotatable bonds is 3. The van der Waals surface area contributed by atoms with Crippen LogP contribution in [0.3, 0.4) is 0 Å². The van der Waals surface area contributed by atoms with Gasteiger partial charge in [-0.2, -0.15) is 0 Å². The number of hydrogen-bond donors (Lipinski definition) is 1. The van der Waals surface area contributed by atoms with Crippen molar-refractivity contribution in [1.29, 1.82) is 0 Å². The summed E-state index contributed by atoms with van der Waals surface area (Å²) in [5, 5.41) is 2.86. The van der Waals surface area contributed by atoms with Crippen molar-refractivity contribution in [3.05, 3.63) is 24.4 Å². The summed E-state index contributed by atoms with van der Waals surface area (Å²) in [5.74, 6) is 0. The summed E-state index contributed by atoms with van der Waals surface area (Å²) in [5.41, 5.74) is 1.02. The first-order chi connectivity index (χ1) is 3.85. The predicted octanol–water partition coefficient (Wildman–Crippen LogP) is 0.862. The molecule has 42 valence electrons. The van der Waals surface area contributed by atoms with Gasteiger partial charge in [0.1, 0.15) is 0 Å². The van der Waals surface area contributed by atoms with Gasteiger partial charge in [-0.3, -0.25) is 0 Å². The summed E-state index contributed by atoms with van der Waals surface area (Å²) >= 11 is 0. The molecule has 0 aliphatic heterocycles. The third-order valence-electron chi connectivity index (χ3n) is 0.828. The topological polar surface area (TPSA) is 12.0 Å². The Balaban J connectivity index is 3.66. The van der Waals surface area contributed by atoms with Gasteiger partial charge in [0, 0.05) is 7.05 Å². The second-order valence-corrected chi connectivity index (χ2v) is 1.42. The average Bonchev–Trinajstić information content (AvgIpc) is 1.83. The van der Waals surface area contributed by atoms with Crippen LogP contribution in [0.15, 0.2) is 24.4 Å². The van der Waals surface area contributed by atoms with Crippen LogP contribution < -0.4 is 5.32 Å². The molecular weight excluding hydrogens is 96.9 g/mol. The van der Waals surface area contributed by atoms with Gasteiger partial charge >= 0.3 is 0 Å². The van der Waals surface area contributed by atoms with Crippen molar-refractivity contribution in [2.45, 2.75) is 6.32 Å². The standard InChI is InChI=1S/C6H10BN/c1-3-6(4-7)5-8-2/h3,5,8H,1,4H2,2H3/b6-5+. The van der Waals surface area contributed by atoms with E-state index in [-0.39, 0.29) is 0 Å². The van der Waals surface area contributed by atoms with Crippen LogP contribution in [0, 0.1) is 0 Å². The molecule has 1 N–H and O–H groups in total. The molecule has 0 saturated carbocycles. The first kappa shape index (κ1) is 7.34. The van der Waals surface area contributed by atoms with Crippen molar-refractivity contribution in [1.82, 2.24) is 5.32 Å². The molecule has 0 aromatic carbocycles. The van der Waals surface area contributed by atoms with E-state index >= 15 is 0 Å². The molecule has 0 rings (SSSR count). The second kappa shape index (κ2) is 4.50. The zero-order valence-electron chi connectivity index (χ0n) is 5.15. The highest BCUT2D eigenvalue weighted by atomic mass is 14.8. The highest BCUT2D eigenvalue weighted by Crippen LogP contribution is 1.95. The fraction of sp³-hybridized carbons (Fsp3) is 0.333. The van der Waals surface area contributed by atoms with Gasteiger partial charge < -0.3 is 5.32 Å². The Bertz CT molecular complexity index is 96.7. The van der Waals surface area contributed by atoms with Crippen LogP contribution in [0.1, 0.15) is 0 Å². The van der Waals surface area contributed by atoms with E-state index in [2.05, 4.69) is 11.9 Å². The van der Waals surface area contributed by atoms with Crippen molar-refractivity contribution in [3.8, 4) is 0 Å². The van der Waals surface area contributed by atoms with E-state index in [1.54, 1.807) is 6.08 Å². The van der Waals surface area contributed by atoms with E-state index in [1.165, 1.54) is 0 Å². The van der Waals surface area contributed by atoms with Crippen LogP contribution in [0.5, 0.6) is 0 Å². The normalized spacial score (nSPS) is 10.9. The Morgan fingerprint density at radius 3 is 2.62 bits per heavy atom. The van der Waals surface area contributed by atoms with Gasteiger partial charge in [0.25, 0.3) is 0 Å². The van der Waals surface area contributed by atoms with Crippen LogP contribution in [-0.4, -0.2) is 14.9 Å². The minimum Gasteiger partial charge on any atom is -0.394 e. The molecule has 0 aromatic rings. The second-order valence-electron chi connectivity index (χ2n) is 1.42. The van der Waals surface area contributed by atoms with Gasteiger partial charge in [-0.25, -0.2) is 0 Å². The number of nitrogens with one attached hydrogen (secondary N) is 1. The Hall–Kier alpha value is -0.655. The summed E-state index contributed by atoms with van der Waals surface area (Å²) in [6.07, 6.45) is 4.11. The Labute approximate surface area is 51.9 Å². The van der Waals surface area contributed by atoms with E-state index in [1.807, 2.05) is 13.2 Å². The lowest BCUT2D eigenvalue weighted by Gasteiger charge is -1.93. The first-order valence-electron chi connectivity index (χ1n) is 2.54. The molecule has 0 fully saturated rings. The van der Waals surface area contributed by atoms with Crippen LogP contribution in [0.2, 0.25) is 6.32 Å². The van der Waals surface area contributed by atoms with Crippen LogP contribution in [0.4, 0.5) is 0 Å². The summed E-state index contributed by atoms with van der Waals surface area (Å²) in [4.78, 5) is 0. The molecular formula is C6H10BN. The third kappa shape index (κ3) is 2.51. The molecule has 0 atom stereocenters. The molecule has 1 nitrogen and oxygen atoms in total. The molecule has 0 aliphatic carbocycles. The summed E-state index contributed by atoms with van der Waals surface area (Å²) in [6, 6.07) is 0. The molecule has 0 spiro atoms. The highest BCUT2D eigenvalue weighted by molar-refractivity contribution is 6.10. The molecule has 8 heavy (non-hydrogen) atoms. The Morgan fingerprint density at radius 2 is 2.50 bits per heavy atom. The summed E-state index contributed by atoms with van der Waals surface area (Å²) in [6.45, 7) is 3.56. The van der Waals surface area contributed by atoms with E-state index in [9.17, 15) is 0 Å². The predicted molar refractivity (Wildman–Crippen MR) is 37.9 cm³/mol. The van der Waals surface area contributed by atoms with Crippen molar-refractivity contribution < 1.29 is 0 Å². The Kier molecular flexibility index (Phi) is 4.13. The van der Waals surface area contributed by atoms with Crippen molar-refractivity contribution in [2.75, 3.05) is 7.05 Å². The minimum absolute atomic E-state index is 0.546. The molecule has 2 heteroatoms. The van der Waals surface area contributed by atoms with Crippen LogP contribution in [0.25, 0.3) is 0 Å². The minimum atomic E-state index is 0.546. The van der Waals surface area contributed by atoms with Gasteiger partial charge in [0.2, 0.25) is 0 Å². The molecule has 0 bridgehead atoms. The monoisotopic (exact) mass is 107 g/mol. The fourth-order valence-corrected chi connectivity index (χ4v) is 0.387. The van der Waals surface area contributed by atoms with Gasteiger partial charge in [0.05, 0.1) is 7.85 Å². The lowest BCUT2D eigenvalue weighted by atomic mass is 9.98. The van der Waals surface area contributed by atoms with Gasteiger partial charge in [-0.1, -0.05) is 19.0 Å². The third-order valence-corrected chi connectivity index (χ3v) is 0.828. The van der Waals surface area contributed by atoms with Crippen molar-refractivity contribution >= 4 is 7.85 Å². The largest absolute Gasteiger partial charge is 0.394 e. The maximum Gasteiger partial charge on any atom is 0.0717 e. The molecule has 0 unspecified atom stereocenters. The smallest absolute Gasteiger partial charge is 0.0717 e. The fourth-order valence-electron chi connectivity index (χ4n) is 0.387. The zero-order valence-corrected chi connectivity index (χ0v) is 5.15. The van der Waals surface area contributed by atoms with E-state index in [4.69, 9.17) is 7.85 Å². The van der Waals surface area contributed by atoms with Gasteiger partial charge in [0.15, 0.2) is 0 Å². The maximum absolute atomic E-state index is 5.29. The number of allylic oxidation sites excluding steroid dienone is 2. The molecule has 0 aliphatic rings. The van der Waals surface area contributed by atoms with Crippen molar-refractivity contribution in [2.24, 2.45) is 0 Å². The highest BCUT2D eigenvalue weighted by Gasteiger charge is 1.80. The average molecular weight is 107 g/mol. The first-order valence-corrected chi connectivity index (χ1v) is 2.54. The number of hydrogen-bond acceptors (Lipinski definition) is 1. The summed E-state index contributed by atoms with van der Waals surface area (Å²) in [7, 11) is 7.12. The SMILES string of the molecule is [B]C/C(C=C)=C/NC. The van der Waals surface area contributed by atoms with Gasteiger partial charge in [-0.15, -0.1) is 0 Å². The maximum atomic E-state index is 5.29. The lowest BCUT2D eigenvalue weighted by molar-refractivity contribution is 1.08. The lowest BCUT2D eigenvalue weighted by Crippen LogP contribution is -1.94. The van der Waals surface area contributed by atoms with E-state index in [0.717, 1.165) is 5.57 Å². The molecule has 0 aromatic heterocycles. The zero-order chi connectivity index (χ0) is 6.41.